The zero-order valence-corrected chi connectivity index (χ0v) is 15.1. The molecule has 4 rings (SSSR count). The Balaban J connectivity index is 1.56. The van der Waals surface area contributed by atoms with Gasteiger partial charge in [0.15, 0.2) is 11.2 Å². The summed E-state index contributed by atoms with van der Waals surface area (Å²) < 4.78 is 5.76. The van der Waals surface area contributed by atoms with Gasteiger partial charge in [-0.3, -0.25) is 9.59 Å². The molecule has 0 saturated carbocycles. The lowest BCUT2D eigenvalue weighted by Crippen LogP contribution is -2.36. The molecule has 7 heteroatoms. The molecule has 2 aromatic heterocycles. The third-order valence-electron chi connectivity index (χ3n) is 4.71. The monoisotopic (exact) mass is 364 g/mol. The van der Waals surface area contributed by atoms with Crippen LogP contribution >= 0.6 is 0 Å². The first kappa shape index (κ1) is 17.2. The van der Waals surface area contributed by atoms with Crippen LogP contribution in [0.3, 0.4) is 0 Å². The Bertz CT molecular complexity index is 1030. The van der Waals surface area contributed by atoms with Gasteiger partial charge in [0.2, 0.25) is 5.95 Å². The SMILES string of the molecule is Cc1ccc2c(=O)cc(C(=O)N3CCCN(c4ncccn4)CC3)oc2c1. The number of aromatic nitrogens is 2. The Morgan fingerprint density at radius 2 is 1.89 bits per heavy atom. The van der Waals surface area contributed by atoms with Gasteiger partial charge in [-0.1, -0.05) is 6.07 Å². The molecule has 3 aromatic rings. The van der Waals surface area contributed by atoms with Gasteiger partial charge in [0.1, 0.15) is 5.58 Å². The number of benzene rings is 1. The van der Waals surface area contributed by atoms with Gasteiger partial charge in [-0.2, -0.15) is 0 Å². The topological polar surface area (TPSA) is 79.5 Å². The molecule has 3 heterocycles. The maximum Gasteiger partial charge on any atom is 0.289 e. The summed E-state index contributed by atoms with van der Waals surface area (Å²) in [5.74, 6) is 0.494. The molecule has 1 saturated heterocycles. The lowest BCUT2D eigenvalue weighted by Gasteiger charge is -2.21. The van der Waals surface area contributed by atoms with Crippen molar-refractivity contribution < 1.29 is 9.21 Å². The predicted molar refractivity (Wildman–Crippen MR) is 102 cm³/mol. The highest BCUT2D eigenvalue weighted by molar-refractivity contribution is 5.93. The fourth-order valence-corrected chi connectivity index (χ4v) is 3.30. The van der Waals surface area contributed by atoms with E-state index in [1.165, 1.54) is 6.07 Å². The molecule has 0 atom stereocenters. The minimum absolute atomic E-state index is 0.0857. The summed E-state index contributed by atoms with van der Waals surface area (Å²) in [4.78, 5) is 37.6. The van der Waals surface area contributed by atoms with Crippen molar-refractivity contribution in [2.45, 2.75) is 13.3 Å². The van der Waals surface area contributed by atoms with E-state index in [0.29, 0.717) is 36.6 Å². The summed E-state index contributed by atoms with van der Waals surface area (Å²) >= 11 is 0. The van der Waals surface area contributed by atoms with Crippen LogP contribution < -0.4 is 10.3 Å². The average Bonchev–Trinajstić information content (AvgIpc) is 2.94. The van der Waals surface area contributed by atoms with Crippen molar-refractivity contribution in [2.75, 3.05) is 31.1 Å². The van der Waals surface area contributed by atoms with Crippen LogP contribution in [-0.2, 0) is 0 Å². The van der Waals surface area contributed by atoms with E-state index in [1.54, 1.807) is 35.5 Å². The fourth-order valence-electron chi connectivity index (χ4n) is 3.30. The number of anilines is 1. The zero-order chi connectivity index (χ0) is 18.8. The molecule has 7 nitrogen and oxygen atoms in total. The van der Waals surface area contributed by atoms with E-state index in [2.05, 4.69) is 14.9 Å². The van der Waals surface area contributed by atoms with Crippen molar-refractivity contribution in [1.82, 2.24) is 14.9 Å². The molecule has 0 aliphatic carbocycles. The van der Waals surface area contributed by atoms with Crippen molar-refractivity contribution in [3.05, 3.63) is 64.3 Å². The summed E-state index contributed by atoms with van der Waals surface area (Å²) in [5, 5.41) is 0.486. The van der Waals surface area contributed by atoms with E-state index >= 15 is 0 Å². The highest BCUT2D eigenvalue weighted by Crippen LogP contribution is 2.17. The summed E-state index contributed by atoms with van der Waals surface area (Å²) in [6.07, 6.45) is 4.21. The number of aryl methyl sites for hydroxylation is 1. The van der Waals surface area contributed by atoms with Crippen molar-refractivity contribution in [1.29, 1.82) is 0 Å². The Morgan fingerprint density at radius 1 is 1.07 bits per heavy atom. The van der Waals surface area contributed by atoms with Gasteiger partial charge in [0.05, 0.1) is 5.39 Å². The zero-order valence-electron chi connectivity index (χ0n) is 15.1. The standard InChI is InChI=1S/C20H20N4O3/c1-14-4-5-15-16(25)13-18(27-17(15)12-14)19(26)23-8-3-9-24(11-10-23)20-21-6-2-7-22-20/h2,4-7,12-13H,3,8-11H2,1H3. The molecule has 1 fully saturated rings. The molecule has 27 heavy (non-hydrogen) atoms. The number of amides is 1. The van der Waals surface area contributed by atoms with Gasteiger partial charge in [-0.15, -0.1) is 0 Å². The Hall–Kier alpha value is -3.22. The highest BCUT2D eigenvalue weighted by atomic mass is 16.3. The van der Waals surface area contributed by atoms with Crippen LogP contribution in [-0.4, -0.2) is 47.0 Å². The van der Waals surface area contributed by atoms with E-state index in [0.717, 1.165) is 18.5 Å². The van der Waals surface area contributed by atoms with Gasteiger partial charge >= 0.3 is 0 Å². The number of hydrogen-bond acceptors (Lipinski definition) is 6. The number of carbonyl (C=O) groups is 1. The van der Waals surface area contributed by atoms with Crippen LogP contribution in [0.4, 0.5) is 5.95 Å². The van der Waals surface area contributed by atoms with Crippen LogP contribution in [0.2, 0.25) is 0 Å². The van der Waals surface area contributed by atoms with Gasteiger partial charge in [-0.25, -0.2) is 9.97 Å². The number of hydrogen-bond donors (Lipinski definition) is 0. The Morgan fingerprint density at radius 3 is 2.70 bits per heavy atom. The third kappa shape index (κ3) is 3.53. The van der Waals surface area contributed by atoms with E-state index < -0.39 is 0 Å². The van der Waals surface area contributed by atoms with Crippen LogP contribution in [0.5, 0.6) is 0 Å². The van der Waals surface area contributed by atoms with E-state index in [4.69, 9.17) is 4.42 Å². The molecule has 1 aliphatic heterocycles. The summed E-state index contributed by atoms with van der Waals surface area (Å²) in [6, 6.07) is 8.44. The third-order valence-corrected chi connectivity index (χ3v) is 4.71. The van der Waals surface area contributed by atoms with Crippen molar-refractivity contribution in [3.63, 3.8) is 0 Å². The van der Waals surface area contributed by atoms with Crippen molar-refractivity contribution in [3.8, 4) is 0 Å². The minimum atomic E-state index is -0.258. The number of fused-ring (bicyclic) bond motifs is 1. The lowest BCUT2D eigenvalue weighted by molar-refractivity contribution is 0.0735. The molecule has 0 spiro atoms. The maximum atomic E-state index is 12.9. The van der Waals surface area contributed by atoms with E-state index in [-0.39, 0.29) is 17.1 Å². The molecular weight excluding hydrogens is 344 g/mol. The molecule has 1 aromatic carbocycles. The van der Waals surface area contributed by atoms with Gasteiger partial charge in [0, 0.05) is 44.6 Å². The second-order valence-electron chi connectivity index (χ2n) is 6.66. The summed E-state index contributed by atoms with van der Waals surface area (Å²) in [7, 11) is 0. The molecule has 0 radical (unpaired) electrons. The van der Waals surface area contributed by atoms with Crippen molar-refractivity contribution >= 4 is 22.8 Å². The first-order valence-electron chi connectivity index (χ1n) is 8.97. The average molecular weight is 364 g/mol. The van der Waals surface area contributed by atoms with Gasteiger partial charge in [0.25, 0.3) is 5.91 Å². The van der Waals surface area contributed by atoms with Crippen molar-refractivity contribution in [2.24, 2.45) is 0 Å². The van der Waals surface area contributed by atoms with Gasteiger partial charge < -0.3 is 14.2 Å². The molecule has 138 valence electrons. The fraction of sp³-hybridized carbons (Fsp3) is 0.300. The van der Waals surface area contributed by atoms with Crippen LogP contribution in [0.15, 0.2) is 51.9 Å². The van der Waals surface area contributed by atoms with Crippen LogP contribution in [0, 0.1) is 6.92 Å². The predicted octanol–water partition coefficient (Wildman–Crippen LogP) is 2.24. The Kier molecular flexibility index (Phi) is 4.58. The molecule has 0 bridgehead atoms. The maximum absolute atomic E-state index is 12.9. The van der Waals surface area contributed by atoms with Crippen LogP contribution in [0.1, 0.15) is 22.5 Å². The normalized spacial score (nSPS) is 15.0. The molecular formula is C20H20N4O3. The summed E-state index contributed by atoms with van der Waals surface area (Å²) in [5.41, 5.74) is 1.22. The van der Waals surface area contributed by atoms with Crippen LogP contribution in [0.25, 0.3) is 11.0 Å². The quantitative estimate of drug-likeness (QED) is 0.694. The second kappa shape index (κ2) is 7.19. The number of rotatable bonds is 2. The number of nitrogens with zero attached hydrogens (tertiary/aromatic N) is 4. The highest BCUT2D eigenvalue weighted by Gasteiger charge is 2.23. The first-order chi connectivity index (χ1) is 13.1. The van der Waals surface area contributed by atoms with Gasteiger partial charge in [-0.05, 0) is 37.1 Å². The first-order valence-corrected chi connectivity index (χ1v) is 8.97. The molecule has 1 amide bonds. The lowest BCUT2D eigenvalue weighted by atomic mass is 10.1. The molecule has 1 aliphatic rings. The Labute approximate surface area is 156 Å². The van der Waals surface area contributed by atoms with E-state index in [1.807, 2.05) is 13.0 Å². The largest absolute Gasteiger partial charge is 0.451 e. The smallest absolute Gasteiger partial charge is 0.289 e. The van der Waals surface area contributed by atoms with E-state index in [9.17, 15) is 9.59 Å². The second-order valence-corrected chi connectivity index (χ2v) is 6.66. The molecule has 0 unspecified atom stereocenters. The minimum Gasteiger partial charge on any atom is -0.451 e. The summed E-state index contributed by atoms with van der Waals surface area (Å²) in [6.45, 7) is 4.44. The number of carbonyl (C=O) groups excluding carboxylic acids is 1. The molecule has 0 N–H and O–H groups in total.